The lowest BCUT2D eigenvalue weighted by Crippen LogP contribution is -2.03. The monoisotopic (exact) mass is 412 g/mol. The fourth-order valence-electron chi connectivity index (χ4n) is 2.82. The molecule has 0 saturated heterocycles. The second-order valence-electron chi connectivity index (χ2n) is 6.05. The van der Waals surface area contributed by atoms with Crippen molar-refractivity contribution < 1.29 is 0 Å². The summed E-state index contributed by atoms with van der Waals surface area (Å²) in [6.45, 7) is 5.23. The molecule has 1 atom stereocenters. The minimum absolute atomic E-state index is 0.338. The summed E-state index contributed by atoms with van der Waals surface area (Å²) in [5.41, 5.74) is 2.37. The average Bonchev–Trinajstić information content (AvgIpc) is 3.30. The molecule has 4 rings (SSSR count). The van der Waals surface area contributed by atoms with Gasteiger partial charge < -0.3 is 4.57 Å². The Bertz CT molecular complexity index is 993. The van der Waals surface area contributed by atoms with Crippen LogP contribution >= 0.6 is 34.9 Å². The Morgan fingerprint density at radius 1 is 1.04 bits per heavy atom. The van der Waals surface area contributed by atoms with Crippen LogP contribution in [0.4, 0.5) is 0 Å². The van der Waals surface area contributed by atoms with Crippen molar-refractivity contribution in [2.45, 2.75) is 40.9 Å². The summed E-state index contributed by atoms with van der Waals surface area (Å²) < 4.78 is 4.52. The molecular weight excluding hydrogens is 392 g/mol. The van der Waals surface area contributed by atoms with Crippen LogP contribution in [-0.4, -0.2) is 19.7 Å². The van der Waals surface area contributed by atoms with E-state index in [1.54, 1.807) is 34.9 Å². The maximum absolute atomic E-state index is 4.70. The zero-order chi connectivity index (χ0) is 18.6. The summed E-state index contributed by atoms with van der Waals surface area (Å²) in [5.74, 6) is 1.78. The third-order valence-corrected chi connectivity index (χ3v) is 7.57. The molecule has 0 spiro atoms. The Morgan fingerprint density at radius 2 is 1.81 bits per heavy atom. The molecule has 0 fully saturated rings. The van der Waals surface area contributed by atoms with Gasteiger partial charge in [-0.3, -0.25) is 0 Å². The van der Waals surface area contributed by atoms with Crippen LogP contribution in [0.3, 0.4) is 0 Å². The molecule has 0 radical (unpaired) electrons. The standard InChI is InChI=1S/C20H20N4S3/c1-3-24-18(13-25-20-21-16-11-7-8-12-17(16)27-20)22-23-19(24)26-14(2)15-9-5-4-6-10-15/h4-12,14H,3,13H2,1-2H3/t14-/m0/s1. The number of benzene rings is 2. The maximum Gasteiger partial charge on any atom is 0.191 e. The lowest BCUT2D eigenvalue weighted by Gasteiger charge is -2.12. The van der Waals surface area contributed by atoms with Crippen molar-refractivity contribution in [3.8, 4) is 0 Å². The highest BCUT2D eigenvalue weighted by Gasteiger charge is 2.16. The smallest absolute Gasteiger partial charge is 0.191 e. The van der Waals surface area contributed by atoms with Gasteiger partial charge in [-0.15, -0.1) is 21.5 Å². The molecule has 0 aliphatic heterocycles. The average molecular weight is 413 g/mol. The van der Waals surface area contributed by atoms with Crippen LogP contribution in [0.15, 0.2) is 64.1 Å². The molecule has 4 nitrogen and oxygen atoms in total. The zero-order valence-corrected chi connectivity index (χ0v) is 17.7. The maximum atomic E-state index is 4.70. The molecular formula is C20H20N4S3. The first-order valence-corrected chi connectivity index (χ1v) is 11.5. The number of hydrogen-bond donors (Lipinski definition) is 0. The highest BCUT2D eigenvalue weighted by atomic mass is 32.2. The minimum Gasteiger partial charge on any atom is -0.306 e. The van der Waals surface area contributed by atoms with E-state index in [9.17, 15) is 0 Å². The quantitative estimate of drug-likeness (QED) is 0.346. The van der Waals surface area contributed by atoms with Crippen molar-refractivity contribution in [3.63, 3.8) is 0 Å². The Balaban J connectivity index is 1.47. The fourth-order valence-corrected chi connectivity index (χ4v) is 5.89. The molecule has 0 amide bonds. The number of rotatable bonds is 7. The molecule has 0 aliphatic carbocycles. The van der Waals surface area contributed by atoms with Gasteiger partial charge in [0.2, 0.25) is 0 Å². The fraction of sp³-hybridized carbons (Fsp3) is 0.250. The van der Waals surface area contributed by atoms with Gasteiger partial charge in [0.15, 0.2) is 9.50 Å². The van der Waals surface area contributed by atoms with E-state index in [2.05, 4.69) is 71.1 Å². The first-order chi connectivity index (χ1) is 13.2. The van der Waals surface area contributed by atoms with Crippen LogP contribution in [0.25, 0.3) is 10.2 Å². The summed E-state index contributed by atoms with van der Waals surface area (Å²) in [4.78, 5) is 4.70. The molecule has 4 aromatic rings. The van der Waals surface area contributed by atoms with E-state index in [1.165, 1.54) is 10.3 Å². The second kappa shape index (κ2) is 8.46. The van der Waals surface area contributed by atoms with Gasteiger partial charge in [-0.05, 0) is 31.5 Å². The Hall–Kier alpha value is -1.83. The molecule has 2 aromatic carbocycles. The lowest BCUT2D eigenvalue weighted by atomic mass is 10.2. The summed E-state index contributed by atoms with van der Waals surface area (Å²) >= 11 is 5.23. The number of thiazole rings is 1. The van der Waals surface area contributed by atoms with Crippen LogP contribution in [-0.2, 0) is 12.3 Å². The number of thioether (sulfide) groups is 2. The molecule has 0 N–H and O–H groups in total. The van der Waals surface area contributed by atoms with Gasteiger partial charge in [-0.25, -0.2) is 4.98 Å². The molecule has 0 saturated carbocycles. The van der Waals surface area contributed by atoms with Crippen molar-refractivity contribution in [1.29, 1.82) is 0 Å². The van der Waals surface area contributed by atoms with E-state index in [0.717, 1.165) is 33.1 Å². The van der Waals surface area contributed by atoms with Crippen LogP contribution in [0.1, 0.15) is 30.5 Å². The van der Waals surface area contributed by atoms with Crippen molar-refractivity contribution in [3.05, 3.63) is 66.0 Å². The summed E-state index contributed by atoms with van der Waals surface area (Å²) in [6, 6.07) is 18.8. The third-order valence-electron chi connectivity index (χ3n) is 4.26. The molecule has 0 bridgehead atoms. The van der Waals surface area contributed by atoms with Crippen molar-refractivity contribution >= 4 is 45.1 Å². The van der Waals surface area contributed by atoms with Gasteiger partial charge in [0.05, 0.1) is 16.0 Å². The van der Waals surface area contributed by atoms with Gasteiger partial charge in [0.1, 0.15) is 5.82 Å². The summed E-state index contributed by atoms with van der Waals surface area (Å²) in [7, 11) is 0. The summed E-state index contributed by atoms with van der Waals surface area (Å²) in [5, 5.41) is 10.2. The Morgan fingerprint density at radius 3 is 2.59 bits per heavy atom. The lowest BCUT2D eigenvalue weighted by molar-refractivity contribution is 0.658. The number of nitrogens with zero attached hydrogens (tertiary/aromatic N) is 4. The molecule has 138 valence electrons. The SMILES string of the molecule is CCn1c(CSc2nc3ccccc3s2)nnc1S[C@@H](C)c1ccccc1. The third kappa shape index (κ3) is 4.20. The van der Waals surface area contributed by atoms with E-state index in [4.69, 9.17) is 4.98 Å². The predicted octanol–water partition coefficient (Wildman–Crippen LogP) is 6.05. The predicted molar refractivity (Wildman–Crippen MR) is 116 cm³/mol. The van der Waals surface area contributed by atoms with Crippen molar-refractivity contribution in [2.24, 2.45) is 0 Å². The molecule has 2 heterocycles. The van der Waals surface area contributed by atoms with Gasteiger partial charge in [0.25, 0.3) is 0 Å². The van der Waals surface area contributed by atoms with E-state index in [-0.39, 0.29) is 0 Å². The van der Waals surface area contributed by atoms with E-state index < -0.39 is 0 Å². The van der Waals surface area contributed by atoms with Crippen molar-refractivity contribution in [1.82, 2.24) is 19.7 Å². The molecule has 0 aliphatic rings. The van der Waals surface area contributed by atoms with Gasteiger partial charge in [-0.2, -0.15) is 0 Å². The van der Waals surface area contributed by atoms with E-state index >= 15 is 0 Å². The van der Waals surface area contributed by atoms with Crippen LogP contribution in [0.2, 0.25) is 0 Å². The highest BCUT2D eigenvalue weighted by Crippen LogP contribution is 2.35. The Labute approximate surface area is 171 Å². The topological polar surface area (TPSA) is 43.6 Å². The van der Waals surface area contributed by atoms with Crippen LogP contribution < -0.4 is 0 Å². The van der Waals surface area contributed by atoms with E-state index in [1.807, 2.05) is 12.1 Å². The van der Waals surface area contributed by atoms with Crippen LogP contribution in [0, 0.1) is 0 Å². The molecule has 27 heavy (non-hydrogen) atoms. The zero-order valence-electron chi connectivity index (χ0n) is 15.2. The number of aromatic nitrogens is 4. The largest absolute Gasteiger partial charge is 0.306 e. The van der Waals surface area contributed by atoms with Gasteiger partial charge in [0, 0.05) is 11.8 Å². The minimum atomic E-state index is 0.338. The first kappa shape index (κ1) is 18.5. The first-order valence-electron chi connectivity index (χ1n) is 8.86. The number of hydrogen-bond acceptors (Lipinski definition) is 6. The number of para-hydroxylation sites is 1. The second-order valence-corrected chi connectivity index (χ2v) is 9.61. The van der Waals surface area contributed by atoms with Gasteiger partial charge >= 0.3 is 0 Å². The van der Waals surface area contributed by atoms with Gasteiger partial charge in [-0.1, -0.05) is 66.0 Å². The number of fused-ring (bicyclic) bond motifs is 1. The van der Waals surface area contributed by atoms with E-state index in [0.29, 0.717) is 5.25 Å². The molecule has 0 unspecified atom stereocenters. The van der Waals surface area contributed by atoms with Crippen molar-refractivity contribution in [2.75, 3.05) is 0 Å². The van der Waals surface area contributed by atoms with Crippen LogP contribution in [0.5, 0.6) is 0 Å². The Kier molecular flexibility index (Phi) is 5.80. The molecule has 2 aromatic heterocycles. The normalized spacial score (nSPS) is 12.5. The summed E-state index contributed by atoms with van der Waals surface area (Å²) in [6.07, 6.45) is 0. The molecule has 7 heteroatoms. The highest BCUT2D eigenvalue weighted by molar-refractivity contribution is 8.00.